The van der Waals surface area contributed by atoms with Crippen LogP contribution in [0.4, 0.5) is 5.69 Å². The number of halogens is 1. The summed E-state index contributed by atoms with van der Waals surface area (Å²) in [6.45, 7) is 2.64. The molecule has 0 radical (unpaired) electrons. The van der Waals surface area contributed by atoms with Crippen LogP contribution in [0.25, 0.3) is 0 Å². The zero-order valence-electron chi connectivity index (χ0n) is 16.8. The van der Waals surface area contributed by atoms with Crippen molar-refractivity contribution in [2.45, 2.75) is 30.6 Å². The van der Waals surface area contributed by atoms with Gasteiger partial charge >= 0.3 is 0 Å². The topological polar surface area (TPSA) is 92.3 Å². The molecule has 1 saturated heterocycles. The Balaban J connectivity index is 1.49. The highest BCUT2D eigenvalue weighted by atomic mass is 35.5. The number of sulfonamides is 1. The third-order valence-electron chi connectivity index (χ3n) is 5.20. The number of carbonyl (C=O) groups is 1. The van der Waals surface area contributed by atoms with E-state index in [0.29, 0.717) is 29.5 Å². The Morgan fingerprint density at radius 1 is 1.19 bits per heavy atom. The summed E-state index contributed by atoms with van der Waals surface area (Å²) < 4.78 is 27.5. The second kappa shape index (κ2) is 9.04. The Bertz CT molecular complexity index is 1210. The van der Waals surface area contributed by atoms with Gasteiger partial charge in [0.25, 0.3) is 5.91 Å². The zero-order valence-corrected chi connectivity index (χ0v) is 19.2. The van der Waals surface area contributed by atoms with Crippen LogP contribution in [0.5, 0.6) is 0 Å². The molecule has 1 aliphatic rings. The molecule has 1 atom stereocenters. The maximum absolute atomic E-state index is 13.0. The van der Waals surface area contributed by atoms with Crippen molar-refractivity contribution in [2.75, 3.05) is 18.4 Å². The molecule has 1 N–H and O–H groups in total. The van der Waals surface area contributed by atoms with Gasteiger partial charge in [0.05, 0.1) is 4.90 Å². The highest BCUT2D eigenvalue weighted by Gasteiger charge is 2.33. The number of hydrogen-bond donors (Lipinski definition) is 1. The molecule has 1 fully saturated rings. The van der Waals surface area contributed by atoms with Crippen LogP contribution < -0.4 is 5.32 Å². The lowest BCUT2D eigenvalue weighted by Crippen LogP contribution is -2.39. The number of piperidine rings is 1. The molecule has 1 aliphatic heterocycles. The quantitative estimate of drug-likeness (QED) is 0.592. The van der Waals surface area contributed by atoms with Crippen LogP contribution in [0.15, 0.2) is 53.4 Å². The maximum Gasteiger partial charge on any atom is 0.286 e. The lowest BCUT2D eigenvalue weighted by Gasteiger charge is -2.30. The molecule has 2 aromatic carbocycles. The Kier molecular flexibility index (Phi) is 6.38. The van der Waals surface area contributed by atoms with E-state index in [1.807, 2.05) is 31.2 Å². The normalized spacial score (nSPS) is 17.4. The minimum absolute atomic E-state index is 0.111. The van der Waals surface area contributed by atoms with Gasteiger partial charge in [0.1, 0.15) is 5.01 Å². The molecular formula is C21H21ClN4O3S2. The molecule has 3 aromatic rings. The van der Waals surface area contributed by atoms with Crippen molar-refractivity contribution >= 4 is 44.6 Å². The number of benzene rings is 2. The summed E-state index contributed by atoms with van der Waals surface area (Å²) in [5.74, 6) is -0.433. The fraction of sp³-hybridized carbons (Fsp3) is 0.286. The monoisotopic (exact) mass is 476 g/mol. The molecule has 31 heavy (non-hydrogen) atoms. The third-order valence-corrected chi connectivity index (χ3v) is 8.38. The number of nitrogens with one attached hydrogen (secondary N) is 1. The highest BCUT2D eigenvalue weighted by Crippen LogP contribution is 2.32. The maximum atomic E-state index is 13.0. The number of aryl methyl sites for hydroxylation is 1. The van der Waals surface area contributed by atoms with Crippen molar-refractivity contribution in [1.82, 2.24) is 14.5 Å². The number of hydrogen-bond acceptors (Lipinski definition) is 6. The van der Waals surface area contributed by atoms with E-state index < -0.39 is 10.0 Å². The van der Waals surface area contributed by atoms with Gasteiger partial charge in [-0.25, -0.2) is 8.42 Å². The van der Waals surface area contributed by atoms with E-state index in [2.05, 4.69) is 15.5 Å². The third kappa shape index (κ3) is 4.79. The lowest BCUT2D eigenvalue weighted by atomic mass is 10.0. The van der Waals surface area contributed by atoms with Crippen molar-refractivity contribution in [3.05, 3.63) is 69.1 Å². The van der Waals surface area contributed by atoms with E-state index in [4.69, 9.17) is 11.6 Å². The molecule has 0 spiro atoms. The van der Waals surface area contributed by atoms with E-state index in [0.717, 1.165) is 17.7 Å². The van der Waals surface area contributed by atoms with Crippen LogP contribution in [0.3, 0.4) is 0 Å². The van der Waals surface area contributed by atoms with Gasteiger partial charge in [0, 0.05) is 29.7 Å². The van der Waals surface area contributed by atoms with Gasteiger partial charge in [0.2, 0.25) is 15.0 Å². The minimum Gasteiger partial charge on any atom is -0.320 e. The van der Waals surface area contributed by atoms with Gasteiger partial charge in [-0.2, -0.15) is 4.31 Å². The van der Waals surface area contributed by atoms with E-state index in [9.17, 15) is 13.2 Å². The molecule has 4 rings (SSSR count). The smallest absolute Gasteiger partial charge is 0.286 e. The number of carbonyl (C=O) groups excluding carboxylic acids is 1. The van der Waals surface area contributed by atoms with Gasteiger partial charge in [-0.3, -0.25) is 4.79 Å². The van der Waals surface area contributed by atoms with Crippen molar-refractivity contribution in [1.29, 1.82) is 0 Å². The lowest BCUT2D eigenvalue weighted by molar-refractivity contribution is 0.102. The Labute approximate surface area is 190 Å². The predicted molar refractivity (Wildman–Crippen MR) is 121 cm³/mol. The second-order valence-corrected chi connectivity index (χ2v) is 10.8. The second-order valence-electron chi connectivity index (χ2n) is 7.37. The molecule has 0 aliphatic carbocycles. The SMILES string of the molecule is Cc1ccccc1NC(=O)c1nnc([C@H]2CCCN(S(=O)(=O)c3cccc(Cl)c3)C2)s1. The van der Waals surface area contributed by atoms with Crippen molar-refractivity contribution in [3.8, 4) is 0 Å². The molecular weight excluding hydrogens is 456 g/mol. The fourth-order valence-electron chi connectivity index (χ4n) is 3.52. The highest BCUT2D eigenvalue weighted by molar-refractivity contribution is 7.89. The van der Waals surface area contributed by atoms with Crippen LogP contribution in [-0.4, -0.2) is 41.9 Å². The summed E-state index contributed by atoms with van der Waals surface area (Å²) in [6.07, 6.45) is 1.49. The van der Waals surface area contributed by atoms with Gasteiger partial charge in [0.15, 0.2) is 0 Å². The summed E-state index contributed by atoms with van der Waals surface area (Å²) in [5.41, 5.74) is 1.68. The standard InChI is InChI=1S/C21H21ClN4O3S2/c1-14-6-2-3-10-18(14)23-19(27)21-25-24-20(30-21)15-7-5-11-26(13-15)31(28,29)17-9-4-8-16(22)12-17/h2-4,6,8-10,12,15H,5,7,11,13H2,1H3,(H,23,27)/t15-/m0/s1. The van der Waals surface area contributed by atoms with Crippen LogP contribution in [-0.2, 0) is 10.0 Å². The van der Waals surface area contributed by atoms with Crippen LogP contribution >= 0.6 is 22.9 Å². The Morgan fingerprint density at radius 3 is 2.77 bits per heavy atom. The van der Waals surface area contributed by atoms with Crippen molar-refractivity contribution in [2.24, 2.45) is 0 Å². The van der Waals surface area contributed by atoms with E-state index in [1.165, 1.54) is 21.7 Å². The van der Waals surface area contributed by atoms with Crippen LogP contribution in [0, 0.1) is 6.92 Å². The van der Waals surface area contributed by atoms with Crippen LogP contribution in [0.1, 0.15) is 39.1 Å². The average Bonchev–Trinajstić information content (AvgIpc) is 3.26. The first-order chi connectivity index (χ1) is 14.8. The summed E-state index contributed by atoms with van der Waals surface area (Å²) in [6, 6.07) is 13.8. The number of aromatic nitrogens is 2. The zero-order chi connectivity index (χ0) is 22.0. The molecule has 2 heterocycles. The van der Waals surface area contributed by atoms with Gasteiger partial charge in [-0.05, 0) is 49.6 Å². The average molecular weight is 477 g/mol. The van der Waals surface area contributed by atoms with Crippen LogP contribution in [0.2, 0.25) is 5.02 Å². The number of rotatable bonds is 5. The predicted octanol–water partition coefficient (Wildman–Crippen LogP) is 4.32. The number of nitrogens with zero attached hydrogens (tertiary/aromatic N) is 3. The molecule has 162 valence electrons. The van der Waals surface area contributed by atoms with Crippen molar-refractivity contribution < 1.29 is 13.2 Å². The van der Waals surface area contributed by atoms with Gasteiger partial charge in [-0.1, -0.05) is 47.2 Å². The molecule has 0 bridgehead atoms. The van der Waals surface area contributed by atoms with Gasteiger partial charge < -0.3 is 5.32 Å². The fourth-order valence-corrected chi connectivity index (χ4v) is 6.21. The van der Waals surface area contributed by atoms with E-state index in [1.54, 1.807) is 18.2 Å². The molecule has 0 unspecified atom stereocenters. The first kappa shape index (κ1) is 21.9. The number of para-hydroxylation sites is 1. The largest absolute Gasteiger partial charge is 0.320 e. The number of anilines is 1. The Hall–Kier alpha value is -2.33. The molecule has 7 nitrogen and oxygen atoms in total. The minimum atomic E-state index is -3.65. The molecule has 0 saturated carbocycles. The number of amides is 1. The summed E-state index contributed by atoms with van der Waals surface area (Å²) in [4.78, 5) is 12.8. The first-order valence-corrected chi connectivity index (χ1v) is 12.4. The van der Waals surface area contributed by atoms with E-state index in [-0.39, 0.29) is 21.7 Å². The van der Waals surface area contributed by atoms with Crippen molar-refractivity contribution in [3.63, 3.8) is 0 Å². The summed E-state index contributed by atoms with van der Waals surface area (Å²) >= 11 is 7.18. The molecule has 1 aromatic heterocycles. The van der Waals surface area contributed by atoms with E-state index >= 15 is 0 Å². The van der Waals surface area contributed by atoms with Gasteiger partial charge in [-0.15, -0.1) is 10.2 Å². The Morgan fingerprint density at radius 2 is 2.00 bits per heavy atom. The summed E-state index contributed by atoms with van der Waals surface area (Å²) in [7, 11) is -3.65. The molecule has 1 amide bonds. The summed E-state index contributed by atoms with van der Waals surface area (Å²) in [5, 5.41) is 12.4. The molecule has 10 heteroatoms. The first-order valence-electron chi connectivity index (χ1n) is 9.80.